The Bertz CT molecular complexity index is 436. The van der Waals surface area contributed by atoms with E-state index in [1.807, 2.05) is 35.0 Å². The highest BCUT2D eigenvalue weighted by molar-refractivity contribution is 5.41. The molecule has 1 aromatic heterocycles. The van der Waals surface area contributed by atoms with E-state index in [0.29, 0.717) is 0 Å². The lowest BCUT2D eigenvalue weighted by Gasteiger charge is -2.18. The van der Waals surface area contributed by atoms with Crippen molar-refractivity contribution < 1.29 is 4.74 Å². The molecule has 0 aliphatic rings. The molecule has 0 amide bonds. The Morgan fingerprint density at radius 3 is 2.71 bits per heavy atom. The molecule has 1 heterocycles. The molecular weight excluding hydrogens is 214 g/mol. The maximum Gasteiger partial charge on any atom is 0.119 e. The normalized spacial score (nSPS) is 12.3. The molecule has 1 aromatic carbocycles. The summed E-state index contributed by atoms with van der Waals surface area (Å²) in [7, 11) is 0. The molecule has 0 spiro atoms. The summed E-state index contributed by atoms with van der Waals surface area (Å²) in [6.07, 6.45) is 6.61. The molecule has 0 radical (unpaired) electrons. The maximum atomic E-state index is 5.89. The molecule has 1 atom stereocenters. The number of imidazole rings is 1. The van der Waals surface area contributed by atoms with Crippen molar-refractivity contribution >= 4 is 5.69 Å². The van der Waals surface area contributed by atoms with Crippen LogP contribution in [-0.4, -0.2) is 15.7 Å². The van der Waals surface area contributed by atoms with Crippen LogP contribution < -0.4 is 10.5 Å². The van der Waals surface area contributed by atoms with Gasteiger partial charge < -0.3 is 15.0 Å². The molecule has 17 heavy (non-hydrogen) atoms. The average Bonchev–Trinajstić information content (AvgIpc) is 2.84. The number of aromatic nitrogens is 2. The summed E-state index contributed by atoms with van der Waals surface area (Å²) in [5, 5.41) is 0. The first-order valence-corrected chi connectivity index (χ1v) is 5.76. The van der Waals surface area contributed by atoms with Gasteiger partial charge in [0.1, 0.15) is 11.9 Å². The van der Waals surface area contributed by atoms with Gasteiger partial charge in [-0.1, -0.05) is 6.92 Å². The molecule has 0 aliphatic carbocycles. The van der Waals surface area contributed by atoms with E-state index in [-0.39, 0.29) is 6.10 Å². The van der Waals surface area contributed by atoms with Crippen LogP contribution in [0.25, 0.3) is 0 Å². The molecule has 0 fully saturated rings. The van der Waals surface area contributed by atoms with E-state index in [0.717, 1.165) is 24.4 Å². The first-order chi connectivity index (χ1) is 8.28. The Balaban J connectivity index is 1.97. The van der Waals surface area contributed by atoms with E-state index < -0.39 is 0 Å². The molecule has 0 saturated carbocycles. The average molecular weight is 231 g/mol. The van der Waals surface area contributed by atoms with Crippen molar-refractivity contribution in [1.29, 1.82) is 0 Å². The topological polar surface area (TPSA) is 53.1 Å². The first-order valence-electron chi connectivity index (χ1n) is 5.76. The number of hydrogen-bond donors (Lipinski definition) is 1. The second-order valence-electron chi connectivity index (χ2n) is 3.98. The Morgan fingerprint density at radius 1 is 1.35 bits per heavy atom. The van der Waals surface area contributed by atoms with Crippen LogP contribution in [0.2, 0.25) is 0 Å². The van der Waals surface area contributed by atoms with E-state index >= 15 is 0 Å². The number of hydrogen-bond acceptors (Lipinski definition) is 3. The van der Waals surface area contributed by atoms with E-state index in [1.54, 1.807) is 12.5 Å². The molecule has 0 aliphatic heterocycles. The second kappa shape index (κ2) is 5.39. The van der Waals surface area contributed by atoms with Gasteiger partial charge in [-0.2, -0.15) is 0 Å². The third kappa shape index (κ3) is 3.24. The van der Waals surface area contributed by atoms with Gasteiger partial charge >= 0.3 is 0 Å². The summed E-state index contributed by atoms with van der Waals surface area (Å²) in [6, 6.07) is 7.48. The molecule has 4 nitrogen and oxygen atoms in total. The minimum absolute atomic E-state index is 0.146. The number of benzene rings is 1. The zero-order chi connectivity index (χ0) is 12.1. The van der Waals surface area contributed by atoms with Crippen LogP contribution in [0.5, 0.6) is 5.75 Å². The highest BCUT2D eigenvalue weighted by atomic mass is 16.5. The van der Waals surface area contributed by atoms with E-state index in [2.05, 4.69) is 11.9 Å². The van der Waals surface area contributed by atoms with Crippen molar-refractivity contribution in [1.82, 2.24) is 9.55 Å². The van der Waals surface area contributed by atoms with Crippen molar-refractivity contribution in [2.24, 2.45) is 0 Å². The second-order valence-corrected chi connectivity index (χ2v) is 3.98. The lowest BCUT2D eigenvalue weighted by atomic mass is 10.2. The fourth-order valence-electron chi connectivity index (χ4n) is 1.62. The zero-order valence-electron chi connectivity index (χ0n) is 9.91. The van der Waals surface area contributed by atoms with Crippen LogP contribution >= 0.6 is 0 Å². The number of anilines is 1. The summed E-state index contributed by atoms with van der Waals surface area (Å²) < 4.78 is 7.91. The number of nitrogens with two attached hydrogens (primary N) is 1. The Kier molecular flexibility index (Phi) is 3.65. The summed E-state index contributed by atoms with van der Waals surface area (Å²) in [5.74, 6) is 0.853. The van der Waals surface area contributed by atoms with Crippen LogP contribution in [0.4, 0.5) is 5.69 Å². The molecule has 0 bridgehead atoms. The lowest BCUT2D eigenvalue weighted by molar-refractivity contribution is 0.176. The van der Waals surface area contributed by atoms with Gasteiger partial charge in [-0.05, 0) is 30.7 Å². The van der Waals surface area contributed by atoms with Crippen LogP contribution in [0.15, 0.2) is 43.0 Å². The van der Waals surface area contributed by atoms with Crippen molar-refractivity contribution in [2.45, 2.75) is 26.0 Å². The molecule has 90 valence electrons. The smallest absolute Gasteiger partial charge is 0.119 e. The summed E-state index contributed by atoms with van der Waals surface area (Å²) >= 11 is 0. The summed E-state index contributed by atoms with van der Waals surface area (Å²) in [4.78, 5) is 4.02. The third-order valence-corrected chi connectivity index (χ3v) is 2.61. The van der Waals surface area contributed by atoms with Gasteiger partial charge in [0.25, 0.3) is 0 Å². The number of ether oxygens (including phenoxy) is 1. The molecule has 2 N–H and O–H groups in total. The summed E-state index contributed by atoms with van der Waals surface area (Å²) in [5.41, 5.74) is 6.38. The molecular formula is C13H17N3O. The first kappa shape index (κ1) is 11.5. The fourth-order valence-corrected chi connectivity index (χ4v) is 1.62. The standard InChI is InChI=1S/C13H17N3O/c1-2-12(9-16-8-7-15-10-16)17-13-5-3-11(14)4-6-13/h3-8,10,12H,2,9,14H2,1H3. The van der Waals surface area contributed by atoms with Crippen molar-refractivity contribution in [3.8, 4) is 5.75 Å². The van der Waals surface area contributed by atoms with E-state index in [9.17, 15) is 0 Å². The minimum Gasteiger partial charge on any atom is -0.489 e. The zero-order valence-corrected chi connectivity index (χ0v) is 9.91. The monoisotopic (exact) mass is 231 g/mol. The van der Waals surface area contributed by atoms with E-state index in [1.165, 1.54) is 0 Å². The highest BCUT2D eigenvalue weighted by Gasteiger charge is 2.08. The SMILES string of the molecule is CCC(Cn1ccnc1)Oc1ccc(N)cc1. The maximum absolute atomic E-state index is 5.89. The quantitative estimate of drug-likeness (QED) is 0.803. The minimum atomic E-state index is 0.146. The molecule has 0 saturated heterocycles. The van der Waals surface area contributed by atoms with Gasteiger partial charge in [0, 0.05) is 18.1 Å². The number of rotatable bonds is 5. The summed E-state index contributed by atoms with van der Waals surface area (Å²) in [6.45, 7) is 2.92. The van der Waals surface area contributed by atoms with Gasteiger partial charge in [-0.3, -0.25) is 0 Å². The van der Waals surface area contributed by atoms with Crippen LogP contribution in [0.3, 0.4) is 0 Å². The van der Waals surface area contributed by atoms with Gasteiger partial charge in [-0.25, -0.2) is 4.98 Å². The van der Waals surface area contributed by atoms with Crippen LogP contribution in [0.1, 0.15) is 13.3 Å². The Hall–Kier alpha value is -1.97. The fraction of sp³-hybridized carbons (Fsp3) is 0.308. The third-order valence-electron chi connectivity index (χ3n) is 2.61. The van der Waals surface area contributed by atoms with Gasteiger partial charge in [0.05, 0.1) is 12.9 Å². The number of nitrogen functional groups attached to an aromatic ring is 1. The molecule has 4 heteroatoms. The van der Waals surface area contributed by atoms with E-state index in [4.69, 9.17) is 10.5 Å². The van der Waals surface area contributed by atoms with Crippen molar-refractivity contribution in [2.75, 3.05) is 5.73 Å². The predicted molar refractivity (Wildman–Crippen MR) is 67.8 cm³/mol. The van der Waals surface area contributed by atoms with Gasteiger partial charge in [0.2, 0.25) is 0 Å². The van der Waals surface area contributed by atoms with Gasteiger partial charge in [0.15, 0.2) is 0 Å². The van der Waals surface area contributed by atoms with Gasteiger partial charge in [-0.15, -0.1) is 0 Å². The highest BCUT2D eigenvalue weighted by Crippen LogP contribution is 2.16. The largest absolute Gasteiger partial charge is 0.489 e. The predicted octanol–water partition coefficient (Wildman–Crippen LogP) is 2.32. The van der Waals surface area contributed by atoms with Crippen LogP contribution in [-0.2, 0) is 6.54 Å². The lowest BCUT2D eigenvalue weighted by Crippen LogP contribution is -2.21. The molecule has 2 rings (SSSR count). The van der Waals surface area contributed by atoms with Crippen molar-refractivity contribution in [3.63, 3.8) is 0 Å². The van der Waals surface area contributed by atoms with Crippen LogP contribution in [0, 0.1) is 0 Å². The Labute approximate surface area is 101 Å². The Morgan fingerprint density at radius 2 is 2.12 bits per heavy atom. The van der Waals surface area contributed by atoms with Crippen molar-refractivity contribution in [3.05, 3.63) is 43.0 Å². The molecule has 1 unspecified atom stereocenters. The number of nitrogens with zero attached hydrogens (tertiary/aromatic N) is 2. The molecule has 2 aromatic rings.